The van der Waals surface area contributed by atoms with Crippen LogP contribution in [0.25, 0.3) is 32.9 Å². The summed E-state index contributed by atoms with van der Waals surface area (Å²) in [7, 11) is 0. The number of ether oxygens (including phenoxy) is 1. The van der Waals surface area contributed by atoms with Gasteiger partial charge in [-0.05, 0) is 56.8 Å². The van der Waals surface area contributed by atoms with Crippen LogP contribution in [0.5, 0.6) is 6.01 Å². The Morgan fingerprint density at radius 2 is 1.90 bits per heavy atom. The van der Waals surface area contributed by atoms with Crippen LogP contribution in [-0.2, 0) is 0 Å². The van der Waals surface area contributed by atoms with Crippen molar-refractivity contribution in [2.45, 2.75) is 62.8 Å². The molecule has 0 saturated carbocycles. The summed E-state index contributed by atoms with van der Waals surface area (Å²) < 4.78 is 53.4. The molecule has 0 radical (unpaired) electrons. The van der Waals surface area contributed by atoms with E-state index >= 15 is 8.78 Å². The summed E-state index contributed by atoms with van der Waals surface area (Å²) in [5, 5.41) is 11.6. The second-order valence-corrected chi connectivity index (χ2v) is 12.8. The van der Waals surface area contributed by atoms with Crippen LogP contribution in [0.3, 0.4) is 0 Å². The molecule has 42 heavy (non-hydrogen) atoms. The van der Waals surface area contributed by atoms with Crippen molar-refractivity contribution in [2.75, 3.05) is 37.7 Å². The zero-order valence-electron chi connectivity index (χ0n) is 23.2. The van der Waals surface area contributed by atoms with E-state index in [0.717, 1.165) is 32.2 Å². The van der Waals surface area contributed by atoms with E-state index < -0.39 is 23.3 Å². The molecular weight excluding hydrogens is 567 g/mol. The molecule has 2 aromatic carbocycles. The number of hydrogen-bond acceptors (Lipinski definition) is 7. The molecule has 8 rings (SSSR count). The summed E-state index contributed by atoms with van der Waals surface area (Å²) in [4.78, 5) is 13.5. The van der Waals surface area contributed by atoms with Gasteiger partial charge in [-0.3, -0.25) is 10.00 Å². The lowest BCUT2D eigenvalue weighted by Crippen LogP contribution is -2.51. The van der Waals surface area contributed by atoms with Crippen molar-refractivity contribution in [3.05, 3.63) is 40.6 Å². The molecule has 0 aliphatic carbocycles. The molecule has 4 aliphatic heterocycles. The Labute approximate surface area is 245 Å². The first-order valence-electron chi connectivity index (χ1n) is 14.6. The van der Waals surface area contributed by atoms with E-state index in [2.05, 4.69) is 30.3 Å². The zero-order chi connectivity index (χ0) is 28.7. The van der Waals surface area contributed by atoms with Crippen molar-refractivity contribution < 1.29 is 17.9 Å². The minimum atomic E-state index is -0.903. The first-order chi connectivity index (χ1) is 20.3. The molecule has 2 unspecified atom stereocenters. The first-order valence-corrected chi connectivity index (χ1v) is 15.0. The van der Waals surface area contributed by atoms with E-state index in [1.807, 2.05) is 0 Å². The third-order valence-corrected chi connectivity index (χ3v) is 10.2. The van der Waals surface area contributed by atoms with E-state index in [1.54, 1.807) is 13.0 Å². The highest BCUT2D eigenvalue weighted by atomic mass is 35.5. The Hall–Kier alpha value is -3.15. The number of hydrogen-bond donors (Lipinski definition) is 2. The van der Waals surface area contributed by atoms with Crippen molar-refractivity contribution in [1.82, 2.24) is 30.4 Å². The van der Waals surface area contributed by atoms with Gasteiger partial charge in [0.2, 0.25) is 0 Å². The van der Waals surface area contributed by atoms with Gasteiger partial charge in [0, 0.05) is 54.5 Å². The Bertz CT molecular complexity index is 1720. The van der Waals surface area contributed by atoms with E-state index in [0.29, 0.717) is 48.3 Å². The summed E-state index contributed by atoms with van der Waals surface area (Å²) in [6, 6.07) is 3.67. The molecule has 2 N–H and O–H groups in total. The standard InChI is InChI=1S/C30H31ClF3N7O/c1-15-7-22-20(10-35-39-22)23(25(15)31)24-21(33)8-19-27(26(24)34)37-29(38-28(19)40-12-17-3-4-18(13-40)36-17)42-14-30-5-2-6-41(30)11-16(32)9-30/h7-8,10,16-18,36H,2-6,9,11-14H2,1H3,(H,35,39)/t16-,17?,18?,30+/m1/s1. The fourth-order valence-electron chi connectivity index (χ4n) is 7.76. The number of aromatic amines is 1. The molecule has 12 heteroatoms. The van der Waals surface area contributed by atoms with Crippen LogP contribution < -0.4 is 15.0 Å². The third-order valence-electron chi connectivity index (χ3n) is 9.70. The highest BCUT2D eigenvalue weighted by Gasteiger charge is 2.49. The molecule has 0 amide bonds. The summed E-state index contributed by atoms with van der Waals surface area (Å²) in [5.41, 5.74) is 0.783. The lowest BCUT2D eigenvalue weighted by molar-refractivity contribution is 0.107. The highest BCUT2D eigenvalue weighted by Crippen LogP contribution is 2.44. The number of nitrogens with one attached hydrogen (secondary N) is 2. The minimum Gasteiger partial charge on any atom is -0.461 e. The maximum atomic E-state index is 16.7. The van der Waals surface area contributed by atoms with Crippen LogP contribution in [0, 0.1) is 18.6 Å². The van der Waals surface area contributed by atoms with Crippen LogP contribution in [0.1, 0.15) is 37.7 Å². The Balaban J connectivity index is 1.28. The average Bonchev–Trinajstić information content (AvgIpc) is 3.73. The zero-order valence-corrected chi connectivity index (χ0v) is 23.9. The number of aromatic nitrogens is 4. The Morgan fingerprint density at radius 1 is 1.10 bits per heavy atom. The fraction of sp³-hybridized carbons (Fsp3) is 0.500. The third kappa shape index (κ3) is 4.07. The van der Waals surface area contributed by atoms with Gasteiger partial charge in [0.25, 0.3) is 0 Å². The maximum Gasteiger partial charge on any atom is 0.319 e. The van der Waals surface area contributed by atoms with E-state index in [-0.39, 0.29) is 51.8 Å². The molecule has 4 aliphatic rings. The van der Waals surface area contributed by atoms with Crippen LogP contribution in [0.4, 0.5) is 19.0 Å². The number of piperazine rings is 1. The predicted octanol–water partition coefficient (Wildman–Crippen LogP) is 5.31. The molecule has 8 nitrogen and oxygen atoms in total. The number of alkyl halides is 1. The lowest BCUT2D eigenvalue weighted by Gasteiger charge is -2.34. The quantitative estimate of drug-likeness (QED) is 0.323. The highest BCUT2D eigenvalue weighted by molar-refractivity contribution is 6.36. The van der Waals surface area contributed by atoms with Crippen molar-refractivity contribution in [3.8, 4) is 17.1 Å². The van der Waals surface area contributed by atoms with E-state index in [4.69, 9.17) is 21.3 Å². The minimum absolute atomic E-state index is 0.00664. The number of fused-ring (bicyclic) bond motifs is 5. The van der Waals surface area contributed by atoms with Crippen molar-refractivity contribution in [3.63, 3.8) is 0 Å². The van der Waals surface area contributed by atoms with E-state index in [1.165, 1.54) is 12.3 Å². The summed E-state index contributed by atoms with van der Waals surface area (Å²) >= 11 is 6.68. The van der Waals surface area contributed by atoms with Gasteiger partial charge in [-0.15, -0.1) is 0 Å². The molecule has 4 fully saturated rings. The molecule has 4 atom stereocenters. The van der Waals surface area contributed by atoms with E-state index in [9.17, 15) is 4.39 Å². The number of aryl methyl sites for hydroxylation is 1. The van der Waals surface area contributed by atoms with Gasteiger partial charge in [-0.25, -0.2) is 13.2 Å². The molecule has 4 saturated heterocycles. The lowest BCUT2D eigenvalue weighted by atomic mass is 9.95. The van der Waals surface area contributed by atoms with Gasteiger partial charge in [0.15, 0.2) is 5.82 Å². The number of H-pyrrole nitrogens is 1. The number of halogens is 4. The molecule has 6 heterocycles. The van der Waals surface area contributed by atoms with Gasteiger partial charge in [-0.2, -0.15) is 15.1 Å². The normalized spacial score (nSPS) is 27.5. The van der Waals surface area contributed by atoms with Crippen LogP contribution in [0.15, 0.2) is 18.3 Å². The van der Waals surface area contributed by atoms with Crippen LogP contribution in [0.2, 0.25) is 5.02 Å². The largest absolute Gasteiger partial charge is 0.461 e. The Morgan fingerprint density at radius 3 is 2.71 bits per heavy atom. The number of nitrogens with zero attached hydrogens (tertiary/aromatic N) is 5. The predicted molar refractivity (Wildman–Crippen MR) is 155 cm³/mol. The molecular formula is C30H31ClF3N7O. The number of anilines is 1. The maximum absolute atomic E-state index is 16.7. The van der Waals surface area contributed by atoms with Crippen molar-refractivity contribution >= 4 is 39.2 Å². The van der Waals surface area contributed by atoms with Crippen molar-refractivity contribution in [1.29, 1.82) is 0 Å². The van der Waals surface area contributed by atoms with Crippen molar-refractivity contribution in [2.24, 2.45) is 0 Å². The number of rotatable bonds is 5. The summed E-state index contributed by atoms with van der Waals surface area (Å²) in [6.07, 6.45) is 4.88. The second-order valence-electron chi connectivity index (χ2n) is 12.4. The van der Waals surface area contributed by atoms with Crippen LogP contribution in [-0.4, -0.2) is 81.6 Å². The topological polar surface area (TPSA) is 82.2 Å². The smallest absolute Gasteiger partial charge is 0.319 e. The van der Waals surface area contributed by atoms with Gasteiger partial charge in [-0.1, -0.05) is 11.6 Å². The monoisotopic (exact) mass is 597 g/mol. The average molecular weight is 598 g/mol. The number of benzene rings is 2. The first kappa shape index (κ1) is 26.5. The fourth-order valence-corrected chi connectivity index (χ4v) is 8.01. The van der Waals surface area contributed by atoms with Gasteiger partial charge in [0.05, 0.1) is 27.8 Å². The molecule has 4 aromatic rings. The summed E-state index contributed by atoms with van der Waals surface area (Å²) in [5.74, 6) is -1.15. The van der Waals surface area contributed by atoms with Crippen LogP contribution >= 0.6 is 11.6 Å². The molecule has 2 aromatic heterocycles. The second kappa shape index (κ2) is 9.68. The summed E-state index contributed by atoms with van der Waals surface area (Å²) in [6.45, 7) is 4.54. The molecule has 220 valence electrons. The molecule has 0 spiro atoms. The Kier molecular flexibility index (Phi) is 6.10. The van der Waals surface area contributed by atoms with Gasteiger partial charge < -0.3 is 15.0 Å². The SMILES string of the molecule is Cc1cc2[nH]ncc2c(-c2c(F)cc3c(N4CC5CCC(C4)N5)nc(OC[C@@]45CCCN4C[C@H](F)C5)nc3c2F)c1Cl. The van der Waals surface area contributed by atoms with Gasteiger partial charge >= 0.3 is 6.01 Å². The van der Waals surface area contributed by atoms with Gasteiger partial charge in [0.1, 0.15) is 29.9 Å². The molecule has 2 bridgehead atoms.